The van der Waals surface area contributed by atoms with Crippen LogP contribution in [0.2, 0.25) is 0 Å². The van der Waals surface area contributed by atoms with Crippen LogP contribution < -0.4 is 11.1 Å². The average Bonchev–Trinajstić information content (AvgIpc) is 2.28. The number of nitrogens with two attached hydrogens (primary N) is 1. The van der Waals surface area contributed by atoms with E-state index in [4.69, 9.17) is 10.8 Å². The molecule has 0 aromatic heterocycles. The number of rotatable bonds is 5. The first kappa shape index (κ1) is 13.9. The third kappa shape index (κ3) is 5.14. The lowest BCUT2D eigenvalue weighted by atomic mass is 9.97. The van der Waals surface area contributed by atoms with E-state index < -0.39 is 12.0 Å². The number of piperidine rings is 1. The Morgan fingerprint density at radius 3 is 2.59 bits per heavy atom. The predicted molar refractivity (Wildman–Crippen MR) is 63.5 cm³/mol. The molecule has 4 N–H and O–H groups in total. The van der Waals surface area contributed by atoms with Crippen LogP contribution in [-0.4, -0.2) is 54.6 Å². The van der Waals surface area contributed by atoms with Gasteiger partial charge >= 0.3 is 5.97 Å². The van der Waals surface area contributed by atoms with E-state index >= 15 is 0 Å². The lowest BCUT2D eigenvalue weighted by Crippen LogP contribution is -2.40. The molecule has 1 aliphatic rings. The van der Waals surface area contributed by atoms with Crippen LogP contribution >= 0.6 is 0 Å². The third-order valence-corrected chi connectivity index (χ3v) is 3.15. The Morgan fingerprint density at radius 1 is 1.47 bits per heavy atom. The maximum atomic E-state index is 11.4. The first-order chi connectivity index (χ1) is 7.99. The Labute approximate surface area is 101 Å². The van der Waals surface area contributed by atoms with Gasteiger partial charge in [0.05, 0.1) is 6.42 Å². The fourth-order valence-corrected chi connectivity index (χ4v) is 1.88. The van der Waals surface area contributed by atoms with E-state index in [1.165, 1.54) is 0 Å². The molecule has 0 spiro atoms. The first-order valence-electron chi connectivity index (χ1n) is 5.92. The Balaban J connectivity index is 2.17. The average molecular weight is 243 g/mol. The maximum absolute atomic E-state index is 11.4. The van der Waals surface area contributed by atoms with Crippen molar-refractivity contribution in [3.05, 3.63) is 0 Å². The molecule has 0 saturated carbocycles. The number of nitrogens with zero attached hydrogens (tertiary/aromatic N) is 1. The molecule has 1 atom stereocenters. The summed E-state index contributed by atoms with van der Waals surface area (Å²) in [6.45, 7) is 2.73. The van der Waals surface area contributed by atoms with Crippen molar-refractivity contribution in [3.8, 4) is 0 Å². The molecular formula is C11H21N3O3. The van der Waals surface area contributed by atoms with E-state index in [2.05, 4.69) is 17.3 Å². The summed E-state index contributed by atoms with van der Waals surface area (Å²) in [5, 5.41) is 11.3. The summed E-state index contributed by atoms with van der Waals surface area (Å²) in [7, 11) is 2.08. The lowest BCUT2D eigenvalue weighted by Gasteiger charge is -2.29. The molecule has 1 aliphatic heterocycles. The molecule has 1 rings (SSSR count). The maximum Gasteiger partial charge on any atom is 0.321 e. The van der Waals surface area contributed by atoms with Crippen molar-refractivity contribution in [3.63, 3.8) is 0 Å². The van der Waals surface area contributed by atoms with Crippen molar-refractivity contribution in [2.45, 2.75) is 25.3 Å². The zero-order chi connectivity index (χ0) is 12.8. The molecule has 6 heteroatoms. The van der Waals surface area contributed by atoms with Gasteiger partial charge in [-0.25, -0.2) is 0 Å². The number of hydrogen-bond acceptors (Lipinski definition) is 4. The minimum Gasteiger partial charge on any atom is -0.480 e. The van der Waals surface area contributed by atoms with E-state index in [-0.39, 0.29) is 12.3 Å². The zero-order valence-electron chi connectivity index (χ0n) is 10.2. The normalized spacial score (nSPS) is 19.9. The number of carboxylic acid groups (broad SMARTS) is 1. The summed E-state index contributed by atoms with van der Waals surface area (Å²) < 4.78 is 0. The van der Waals surface area contributed by atoms with Crippen molar-refractivity contribution in [1.29, 1.82) is 0 Å². The molecule has 1 heterocycles. The van der Waals surface area contributed by atoms with Gasteiger partial charge in [0.2, 0.25) is 5.91 Å². The second-order valence-electron chi connectivity index (χ2n) is 4.70. The summed E-state index contributed by atoms with van der Waals surface area (Å²) in [4.78, 5) is 24.1. The minimum absolute atomic E-state index is 0.151. The summed E-state index contributed by atoms with van der Waals surface area (Å²) in [6.07, 6.45) is 1.99. The van der Waals surface area contributed by atoms with Crippen LogP contribution in [0.1, 0.15) is 19.3 Å². The van der Waals surface area contributed by atoms with Gasteiger partial charge in [-0.3, -0.25) is 9.59 Å². The standard InChI is InChI=1S/C11H21N3O3/c1-14-4-2-8(3-5-14)7-13-10(15)6-9(12)11(16)17/h8-9H,2-7,12H2,1H3,(H,13,15)(H,16,17). The SMILES string of the molecule is CN1CCC(CNC(=O)CC(N)C(=O)O)CC1. The third-order valence-electron chi connectivity index (χ3n) is 3.15. The van der Waals surface area contributed by atoms with Crippen LogP contribution in [-0.2, 0) is 9.59 Å². The van der Waals surface area contributed by atoms with Gasteiger partial charge in [0.1, 0.15) is 6.04 Å². The number of carbonyl (C=O) groups is 2. The lowest BCUT2D eigenvalue weighted by molar-refractivity contribution is -0.140. The summed E-state index contributed by atoms with van der Waals surface area (Å²) in [6, 6.07) is -1.10. The van der Waals surface area contributed by atoms with Gasteiger partial charge in [-0.05, 0) is 38.9 Å². The number of aliphatic carboxylic acids is 1. The van der Waals surface area contributed by atoms with E-state index in [0.717, 1.165) is 25.9 Å². The highest BCUT2D eigenvalue weighted by Crippen LogP contribution is 2.14. The number of carboxylic acids is 1. The molecule has 1 saturated heterocycles. The van der Waals surface area contributed by atoms with Crippen molar-refractivity contribution in [1.82, 2.24) is 10.2 Å². The van der Waals surface area contributed by atoms with Crippen LogP contribution in [0, 0.1) is 5.92 Å². The molecule has 0 aliphatic carbocycles. The molecule has 0 aromatic carbocycles. The molecule has 1 fully saturated rings. The van der Waals surface area contributed by atoms with Gasteiger partial charge in [0.15, 0.2) is 0 Å². The minimum atomic E-state index is -1.14. The molecule has 0 radical (unpaired) electrons. The second-order valence-corrected chi connectivity index (χ2v) is 4.70. The monoisotopic (exact) mass is 243 g/mol. The quantitative estimate of drug-likeness (QED) is 0.590. The number of nitrogens with one attached hydrogen (secondary N) is 1. The Morgan fingerprint density at radius 2 is 2.06 bits per heavy atom. The van der Waals surface area contributed by atoms with Gasteiger partial charge in [0, 0.05) is 6.54 Å². The number of hydrogen-bond donors (Lipinski definition) is 3. The van der Waals surface area contributed by atoms with Gasteiger partial charge in [-0.2, -0.15) is 0 Å². The Kier molecular flexibility index (Phi) is 5.37. The number of carbonyl (C=O) groups excluding carboxylic acids is 1. The van der Waals surface area contributed by atoms with Gasteiger partial charge in [0.25, 0.3) is 0 Å². The fraction of sp³-hybridized carbons (Fsp3) is 0.818. The highest BCUT2D eigenvalue weighted by atomic mass is 16.4. The summed E-state index contributed by atoms with van der Waals surface area (Å²) >= 11 is 0. The summed E-state index contributed by atoms with van der Waals surface area (Å²) in [5.41, 5.74) is 5.28. The highest BCUT2D eigenvalue weighted by Gasteiger charge is 2.19. The van der Waals surface area contributed by atoms with Crippen molar-refractivity contribution < 1.29 is 14.7 Å². The van der Waals surface area contributed by atoms with Crippen LogP contribution in [0.3, 0.4) is 0 Å². The van der Waals surface area contributed by atoms with Gasteiger partial charge < -0.3 is 21.1 Å². The van der Waals surface area contributed by atoms with Crippen LogP contribution in [0.4, 0.5) is 0 Å². The second kappa shape index (κ2) is 6.56. The summed E-state index contributed by atoms with van der Waals surface area (Å²) in [5.74, 6) is -0.922. The zero-order valence-corrected chi connectivity index (χ0v) is 10.2. The van der Waals surface area contributed by atoms with E-state index in [1.54, 1.807) is 0 Å². The number of amides is 1. The Bertz CT molecular complexity index is 275. The predicted octanol–water partition coefficient (Wildman–Crippen LogP) is -0.754. The molecule has 0 aromatic rings. The van der Waals surface area contributed by atoms with Crippen molar-refractivity contribution in [2.24, 2.45) is 11.7 Å². The van der Waals surface area contributed by atoms with E-state index in [9.17, 15) is 9.59 Å². The van der Waals surface area contributed by atoms with E-state index in [0.29, 0.717) is 12.5 Å². The van der Waals surface area contributed by atoms with E-state index in [1.807, 2.05) is 0 Å². The molecular weight excluding hydrogens is 222 g/mol. The van der Waals surface area contributed by atoms with Crippen LogP contribution in [0.25, 0.3) is 0 Å². The molecule has 6 nitrogen and oxygen atoms in total. The Hall–Kier alpha value is -1.14. The van der Waals surface area contributed by atoms with Gasteiger partial charge in [-0.15, -0.1) is 0 Å². The molecule has 1 unspecified atom stereocenters. The van der Waals surface area contributed by atoms with Crippen molar-refractivity contribution >= 4 is 11.9 Å². The molecule has 98 valence electrons. The first-order valence-corrected chi connectivity index (χ1v) is 5.92. The molecule has 0 bridgehead atoms. The smallest absolute Gasteiger partial charge is 0.321 e. The highest BCUT2D eigenvalue weighted by molar-refractivity contribution is 5.84. The molecule has 1 amide bonds. The van der Waals surface area contributed by atoms with Gasteiger partial charge in [-0.1, -0.05) is 0 Å². The van der Waals surface area contributed by atoms with Crippen LogP contribution in [0.15, 0.2) is 0 Å². The van der Waals surface area contributed by atoms with Crippen molar-refractivity contribution in [2.75, 3.05) is 26.7 Å². The number of likely N-dealkylation sites (tertiary alicyclic amines) is 1. The largest absolute Gasteiger partial charge is 0.480 e. The van der Waals surface area contributed by atoms with Crippen LogP contribution in [0.5, 0.6) is 0 Å². The topological polar surface area (TPSA) is 95.7 Å². The molecule has 17 heavy (non-hydrogen) atoms. The fourth-order valence-electron chi connectivity index (χ4n) is 1.88.